The summed E-state index contributed by atoms with van der Waals surface area (Å²) in [6, 6.07) is 0. The number of methoxy groups -OCH3 is 1. The molecule has 0 aliphatic carbocycles. The van der Waals surface area contributed by atoms with E-state index in [-0.39, 0.29) is 6.54 Å². The van der Waals surface area contributed by atoms with Gasteiger partial charge in [-0.15, -0.1) is 0 Å². The quantitative estimate of drug-likeness (QED) is 0.394. The van der Waals surface area contributed by atoms with E-state index in [1.807, 2.05) is 13.0 Å². The van der Waals surface area contributed by atoms with Gasteiger partial charge in [-0.3, -0.25) is 14.4 Å². The summed E-state index contributed by atoms with van der Waals surface area (Å²) in [5.74, 6) is -3.85. The van der Waals surface area contributed by atoms with E-state index in [9.17, 15) is 24.6 Å². The Hall–Kier alpha value is -1.73. The molecule has 0 bridgehead atoms. The van der Waals surface area contributed by atoms with Gasteiger partial charge in [0.15, 0.2) is 5.78 Å². The fourth-order valence-corrected chi connectivity index (χ4v) is 2.43. The van der Waals surface area contributed by atoms with Crippen molar-refractivity contribution in [2.75, 3.05) is 13.7 Å². The van der Waals surface area contributed by atoms with Crippen LogP contribution in [-0.4, -0.2) is 53.7 Å². The molecule has 0 aromatic carbocycles. The van der Waals surface area contributed by atoms with Crippen LogP contribution in [0.4, 0.5) is 0 Å². The van der Waals surface area contributed by atoms with Crippen molar-refractivity contribution in [2.45, 2.75) is 53.2 Å². The molecule has 0 spiro atoms. The van der Waals surface area contributed by atoms with Crippen molar-refractivity contribution in [3.63, 3.8) is 0 Å². The molecule has 0 saturated carbocycles. The number of hydrogen-bond acceptors (Lipinski definition) is 6. The van der Waals surface area contributed by atoms with Crippen molar-refractivity contribution in [3.05, 3.63) is 11.6 Å². The van der Waals surface area contributed by atoms with E-state index in [2.05, 4.69) is 10.1 Å². The standard InChI is InChI=1S/C18H31NO6/c1-7-8-10(2)15(21)12(4)17(23)19-9-14(20)11(3)16(22)13(5)18(24)25-6/h8,11-13,15-16,21-22H,7,9H2,1-6H3,(H,19,23)/b10-8+/t11-,12-,13-,15+,16+/m1/s1. The average molecular weight is 357 g/mol. The molecule has 0 aromatic heterocycles. The third-order valence-electron chi connectivity index (χ3n) is 4.42. The highest BCUT2D eigenvalue weighted by molar-refractivity contribution is 5.89. The maximum atomic E-state index is 12.1. The summed E-state index contributed by atoms with van der Waals surface area (Å²) < 4.78 is 4.55. The molecule has 0 unspecified atom stereocenters. The number of aliphatic hydroxyl groups is 2. The number of ketones is 1. The number of rotatable bonds is 10. The third-order valence-corrected chi connectivity index (χ3v) is 4.42. The van der Waals surface area contributed by atoms with E-state index < -0.39 is 47.6 Å². The Morgan fingerprint density at radius 1 is 1.08 bits per heavy atom. The van der Waals surface area contributed by atoms with Crippen LogP contribution in [0.2, 0.25) is 0 Å². The molecule has 0 rings (SSSR count). The number of Topliss-reactive ketones (excluding diaryl/α,β-unsaturated/α-hetero) is 1. The fraction of sp³-hybridized carbons (Fsp3) is 0.722. The fourth-order valence-electron chi connectivity index (χ4n) is 2.43. The van der Waals surface area contributed by atoms with Gasteiger partial charge in [-0.2, -0.15) is 0 Å². The molecule has 7 nitrogen and oxygen atoms in total. The predicted octanol–water partition coefficient (Wildman–Crippen LogP) is 0.831. The number of carbonyl (C=O) groups is 3. The van der Waals surface area contributed by atoms with Crippen LogP contribution < -0.4 is 5.32 Å². The molecule has 25 heavy (non-hydrogen) atoms. The Kier molecular flexibility index (Phi) is 10.2. The van der Waals surface area contributed by atoms with Crippen LogP contribution in [0.25, 0.3) is 0 Å². The van der Waals surface area contributed by atoms with Crippen molar-refractivity contribution >= 4 is 17.7 Å². The average Bonchev–Trinajstić information content (AvgIpc) is 2.61. The molecule has 0 aromatic rings. The number of esters is 1. The van der Waals surface area contributed by atoms with Crippen molar-refractivity contribution < 1.29 is 29.3 Å². The molecule has 3 N–H and O–H groups in total. The lowest BCUT2D eigenvalue weighted by Crippen LogP contribution is -2.43. The SMILES string of the molecule is CC/C=C(\C)[C@H](O)[C@@H](C)C(=O)NCC(=O)[C@@H](C)[C@H](O)[C@@H](C)C(=O)OC. The molecule has 144 valence electrons. The minimum absolute atomic E-state index is 0.279. The Bertz CT molecular complexity index is 502. The van der Waals surface area contributed by atoms with Crippen molar-refractivity contribution in [3.8, 4) is 0 Å². The number of hydrogen-bond donors (Lipinski definition) is 3. The smallest absolute Gasteiger partial charge is 0.311 e. The molecular formula is C18H31NO6. The van der Waals surface area contributed by atoms with Crippen LogP contribution in [0.1, 0.15) is 41.0 Å². The second-order valence-electron chi connectivity index (χ2n) is 6.37. The highest BCUT2D eigenvalue weighted by atomic mass is 16.5. The van der Waals surface area contributed by atoms with Crippen molar-refractivity contribution in [1.29, 1.82) is 0 Å². The van der Waals surface area contributed by atoms with E-state index in [1.165, 1.54) is 21.0 Å². The van der Waals surface area contributed by atoms with E-state index in [0.29, 0.717) is 5.57 Å². The lowest BCUT2D eigenvalue weighted by Gasteiger charge is -2.23. The number of carbonyl (C=O) groups excluding carboxylic acids is 3. The maximum Gasteiger partial charge on any atom is 0.311 e. The first kappa shape index (κ1) is 23.3. The summed E-state index contributed by atoms with van der Waals surface area (Å²) in [5, 5.41) is 22.7. The van der Waals surface area contributed by atoms with Crippen LogP contribution >= 0.6 is 0 Å². The molecule has 0 aliphatic rings. The monoisotopic (exact) mass is 357 g/mol. The molecule has 0 aliphatic heterocycles. The maximum absolute atomic E-state index is 12.1. The zero-order valence-corrected chi connectivity index (χ0v) is 15.9. The lowest BCUT2D eigenvalue weighted by atomic mass is 9.90. The van der Waals surface area contributed by atoms with Gasteiger partial charge in [0.05, 0.1) is 37.7 Å². The summed E-state index contributed by atoms with van der Waals surface area (Å²) in [4.78, 5) is 35.7. The number of amides is 1. The summed E-state index contributed by atoms with van der Waals surface area (Å²) in [6.45, 7) is 7.94. The van der Waals surface area contributed by atoms with Gasteiger partial charge in [-0.25, -0.2) is 0 Å². The van der Waals surface area contributed by atoms with Crippen LogP contribution in [0.5, 0.6) is 0 Å². The summed E-state index contributed by atoms with van der Waals surface area (Å²) in [6.07, 6.45) is 0.474. The Labute approximate surface area is 149 Å². The van der Waals surface area contributed by atoms with Gasteiger partial charge in [-0.05, 0) is 25.8 Å². The topological polar surface area (TPSA) is 113 Å². The molecule has 0 radical (unpaired) electrons. The Morgan fingerprint density at radius 3 is 2.12 bits per heavy atom. The van der Waals surface area contributed by atoms with E-state index >= 15 is 0 Å². The second kappa shape index (κ2) is 11.0. The summed E-state index contributed by atoms with van der Waals surface area (Å²) in [7, 11) is 1.21. The second-order valence-corrected chi connectivity index (χ2v) is 6.37. The van der Waals surface area contributed by atoms with E-state index in [4.69, 9.17) is 0 Å². The van der Waals surface area contributed by atoms with Gasteiger partial charge in [0.1, 0.15) is 0 Å². The zero-order chi connectivity index (χ0) is 19.7. The van der Waals surface area contributed by atoms with Gasteiger partial charge in [0.25, 0.3) is 0 Å². The van der Waals surface area contributed by atoms with Gasteiger partial charge in [0.2, 0.25) is 5.91 Å². The number of allylic oxidation sites excluding steroid dienone is 1. The van der Waals surface area contributed by atoms with Gasteiger partial charge < -0.3 is 20.3 Å². The first-order valence-electron chi connectivity index (χ1n) is 8.49. The van der Waals surface area contributed by atoms with Crippen LogP contribution in [0.15, 0.2) is 11.6 Å². The normalized spacial score (nSPS) is 17.8. The number of ether oxygens (including phenoxy) is 1. The first-order chi connectivity index (χ1) is 11.6. The Morgan fingerprint density at radius 2 is 1.64 bits per heavy atom. The van der Waals surface area contributed by atoms with Gasteiger partial charge in [0, 0.05) is 5.92 Å². The highest BCUT2D eigenvalue weighted by Crippen LogP contribution is 2.16. The molecular weight excluding hydrogens is 326 g/mol. The zero-order valence-electron chi connectivity index (χ0n) is 15.9. The number of aliphatic hydroxyl groups excluding tert-OH is 2. The molecule has 0 saturated heterocycles. The minimum Gasteiger partial charge on any atom is -0.469 e. The van der Waals surface area contributed by atoms with Gasteiger partial charge >= 0.3 is 5.97 Å². The van der Waals surface area contributed by atoms with Crippen molar-refractivity contribution in [1.82, 2.24) is 5.32 Å². The molecule has 7 heteroatoms. The molecule has 0 heterocycles. The largest absolute Gasteiger partial charge is 0.469 e. The summed E-state index contributed by atoms with van der Waals surface area (Å²) >= 11 is 0. The molecule has 5 atom stereocenters. The first-order valence-corrected chi connectivity index (χ1v) is 8.49. The minimum atomic E-state index is -1.20. The summed E-state index contributed by atoms with van der Waals surface area (Å²) in [5.41, 5.74) is 0.701. The number of nitrogens with one attached hydrogen (secondary N) is 1. The van der Waals surface area contributed by atoms with E-state index in [1.54, 1.807) is 13.8 Å². The molecule has 0 fully saturated rings. The van der Waals surface area contributed by atoms with Crippen LogP contribution in [0.3, 0.4) is 0 Å². The van der Waals surface area contributed by atoms with Gasteiger partial charge in [-0.1, -0.05) is 26.8 Å². The third kappa shape index (κ3) is 6.96. The Balaban J connectivity index is 4.65. The lowest BCUT2D eigenvalue weighted by molar-refractivity contribution is -0.150. The van der Waals surface area contributed by atoms with Crippen LogP contribution in [0, 0.1) is 17.8 Å². The molecule has 1 amide bonds. The highest BCUT2D eigenvalue weighted by Gasteiger charge is 2.32. The van der Waals surface area contributed by atoms with Crippen molar-refractivity contribution in [2.24, 2.45) is 17.8 Å². The predicted molar refractivity (Wildman–Crippen MR) is 93.6 cm³/mol. The van der Waals surface area contributed by atoms with E-state index in [0.717, 1.165) is 6.42 Å². The van der Waals surface area contributed by atoms with Crippen LogP contribution in [-0.2, 0) is 19.1 Å².